The highest BCUT2D eigenvalue weighted by Crippen LogP contribution is 2.27. The molecule has 1 aromatic heterocycles. The van der Waals surface area contributed by atoms with Crippen LogP contribution < -0.4 is 10.2 Å². The lowest BCUT2D eigenvalue weighted by molar-refractivity contribution is -0.155. The molecule has 2 unspecified atom stereocenters. The Hall–Kier alpha value is -4.26. The van der Waals surface area contributed by atoms with E-state index in [-0.39, 0.29) is 50.2 Å². The molecule has 2 fully saturated rings. The zero-order valence-corrected chi connectivity index (χ0v) is 28.2. The van der Waals surface area contributed by atoms with E-state index in [1.165, 1.54) is 0 Å². The number of nitrogens with zero attached hydrogens (tertiary/aromatic N) is 5. The third-order valence-electron chi connectivity index (χ3n) is 8.04. The fourth-order valence-electron chi connectivity index (χ4n) is 5.77. The lowest BCUT2D eigenvalue weighted by atomic mass is 10.0. The molecule has 3 heterocycles. The summed E-state index contributed by atoms with van der Waals surface area (Å²) < 4.78 is 16.1. The number of amides is 3. The van der Waals surface area contributed by atoms with E-state index in [0.29, 0.717) is 31.3 Å². The van der Waals surface area contributed by atoms with Crippen molar-refractivity contribution in [2.24, 2.45) is 0 Å². The van der Waals surface area contributed by atoms with Crippen LogP contribution in [0, 0.1) is 0 Å². The van der Waals surface area contributed by atoms with Gasteiger partial charge in [0, 0.05) is 57.9 Å². The van der Waals surface area contributed by atoms with Gasteiger partial charge in [0.25, 0.3) is 5.91 Å². The van der Waals surface area contributed by atoms with Gasteiger partial charge in [-0.15, -0.1) is 0 Å². The number of hydrogen-bond donors (Lipinski definition) is 1. The Bertz CT molecular complexity index is 1370. The van der Waals surface area contributed by atoms with Crippen LogP contribution in [0.25, 0.3) is 11.4 Å². The van der Waals surface area contributed by atoms with Crippen molar-refractivity contribution in [3.8, 4) is 11.4 Å². The summed E-state index contributed by atoms with van der Waals surface area (Å²) in [5.74, 6) is -0.376. The van der Waals surface area contributed by atoms with Crippen LogP contribution in [0.2, 0.25) is 0 Å². The minimum atomic E-state index is -1.03. The van der Waals surface area contributed by atoms with E-state index in [9.17, 15) is 19.2 Å². The molecular formula is C34H48N6O7. The molecule has 2 aliphatic heterocycles. The van der Waals surface area contributed by atoms with Gasteiger partial charge in [0.1, 0.15) is 23.2 Å². The second-order valence-electron chi connectivity index (χ2n) is 12.8. The maximum atomic E-state index is 14.0. The van der Waals surface area contributed by atoms with Crippen molar-refractivity contribution in [3.63, 3.8) is 0 Å². The van der Waals surface area contributed by atoms with Crippen molar-refractivity contribution in [3.05, 3.63) is 42.1 Å². The van der Waals surface area contributed by atoms with Crippen molar-refractivity contribution in [1.29, 1.82) is 0 Å². The quantitative estimate of drug-likeness (QED) is 0.357. The van der Waals surface area contributed by atoms with Crippen molar-refractivity contribution in [2.75, 3.05) is 57.9 Å². The zero-order chi connectivity index (χ0) is 34.0. The average molecular weight is 653 g/mol. The Labute approximate surface area is 276 Å². The third-order valence-corrected chi connectivity index (χ3v) is 8.04. The summed E-state index contributed by atoms with van der Waals surface area (Å²) >= 11 is 0. The van der Waals surface area contributed by atoms with Crippen LogP contribution >= 0.6 is 0 Å². The Balaban J connectivity index is 1.60. The van der Waals surface area contributed by atoms with Gasteiger partial charge in [0.2, 0.25) is 5.91 Å². The fourth-order valence-corrected chi connectivity index (χ4v) is 5.77. The fraction of sp³-hybridized carbons (Fsp3) is 0.588. The number of ether oxygens (including phenoxy) is 3. The van der Waals surface area contributed by atoms with E-state index < -0.39 is 29.6 Å². The summed E-state index contributed by atoms with van der Waals surface area (Å²) in [6.07, 6.45) is 2.52. The summed E-state index contributed by atoms with van der Waals surface area (Å²) in [5.41, 5.74) is 0.169. The number of piperazine rings is 1. The highest BCUT2D eigenvalue weighted by molar-refractivity contribution is 5.97. The number of benzene rings is 1. The molecule has 2 atom stereocenters. The highest BCUT2D eigenvalue weighted by atomic mass is 16.6. The van der Waals surface area contributed by atoms with E-state index in [4.69, 9.17) is 19.2 Å². The molecule has 1 aromatic carbocycles. The molecule has 256 valence electrons. The molecule has 13 nitrogen and oxygen atoms in total. The van der Waals surface area contributed by atoms with Crippen molar-refractivity contribution in [1.82, 2.24) is 25.1 Å². The molecule has 3 amide bonds. The van der Waals surface area contributed by atoms with E-state index in [0.717, 1.165) is 31.4 Å². The van der Waals surface area contributed by atoms with Gasteiger partial charge >= 0.3 is 12.1 Å². The number of carbonyl (C=O) groups excluding carboxylic acids is 4. The molecule has 2 aliphatic rings. The van der Waals surface area contributed by atoms with Gasteiger partial charge in [-0.2, -0.15) is 0 Å². The molecule has 47 heavy (non-hydrogen) atoms. The number of carbonyl (C=O) groups is 4. The predicted molar refractivity (Wildman–Crippen MR) is 176 cm³/mol. The summed E-state index contributed by atoms with van der Waals surface area (Å²) in [7, 11) is 1.67. The van der Waals surface area contributed by atoms with E-state index in [2.05, 4.69) is 15.2 Å². The number of hydrogen-bond acceptors (Lipinski definition) is 10. The molecule has 13 heteroatoms. The molecule has 0 bridgehead atoms. The number of methoxy groups -OCH3 is 1. The molecule has 2 saturated heterocycles. The number of rotatable bonds is 11. The second kappa shape index (κ2) is 16.5. The maximum absolute atomic E-state index is 14.0. The van der Waals surface area contributed by atoms with Crippen molar-refractivity contribution < 1.29 is 33.4 Å². The molecule has 0 aliphatic carbocycles. The number of nitrogens with one attached hydrogen (secondary N) is 1. The Morgan fingerprint density at radius 1 is 0.979 bits per heavy atom. The van der Waals surface area contributed by atoms with E-state index >= 15 is 0 Å². The predicted octanol–water partition coefficient (Wildman–Crippen LogP) is 3.67. The van der Waals surface area contributed by atoms with Gasteiger partial charge in [0.05, 0.1) is 19.3 Å². The summed E-state index contributed by atoms with van der Waals surface area (Å²) in [6.45, 7) is 9.73. The zero-order valence-electron chi connectivity index (χ0n) is 28.2. The van der Waals surface area contributed by atoms with Crippen LogP contribution in [-0.4, -0.2) is 114 Å². The van der Waals surface area contributed by atoms with Crippen LogP contribution in [0.3, 0.4) is 0 Å². The summed E-state index contributed by atoms with van der Waals surface area (Å²) in [5, 5.41) is 2.87. The lowest BCUT2D eigenvalue weighted by Gasteiger charge is -2.36. The second-order valence-corrected chi connectivity index (χ2v) is 12.8. The number of aromatic nitrogens is 2. The number of piperidine rings is 1. The first-order valence-electron chi connectivity index (χ1n) is 16.4. The number of anilines is 1. The molecular weight excluding hydrogens is 604 g/mol. The van der Waals surface area contributed by atoms with Crippen LogP contribution in [0.1, 0.15) is 70.3 Å². The monoisotopic (exact) mass is 652 g/mol. The molecule has 0 spiro atoms. The van der Waals surface area contributed by atoms with Gasteiger partial charge in [-0.25, -0.2) is 14.8 Å². The van der Waals surface area contributed by atoms with Crippen LogP contribution in [0.4, 0.5) is 10.6 Å². The van der Waals surface area contributed by atoms with Crippen molar-refractivity contribution >= 4 is 29.7 Å². The van der Waals surface area contributed by atoms with Crippen LogP contribution in [-0.2, 0) is 23.8 Å². The Kier molecular flexibility index (Phi) is 12.5. The van der Waals surface area contributed by atoms with Gasteiger partial charge < -0.3 is 34.2 Å². The third kappa shape index (κ3) is 10.1. The topological polar surface area (TPSA) is 144 Å². The Morgan fingerprint density at radius 2 is 1.68 bits per heavy atom. The first kappa shape index (κ1) is 35.6. The van der Waals surface area contributed by atoms with Gasteiger partial charge in [-0.3, -0.25) is 14.4 Å². The molecule has 0 saturated carbocycles. The van der Waals surface area contributed by atoms with Gasteiger partial charge in [-0.05, 0) is 53.4 Å². The molecule has 0 radical (unpaired) electrons. The largest absolute Gasteiger partial charge is 0.460 e. The molecule has 4 rings (SSSR count). The van der Waals surface area contributed by atoms with Crippen molar-refractivity contribution in [2.45, 2.75) is 77.5 Å². The highest BCUT2D eigenvalue weighted by Gasteiger charge is 2.32. The van der Waals surface area contributed by atoms with Crippen LogP contribution in [0.5, 0.6) is 0 Å². The van der Waals surface area contributed by atoms with Gasteiger partial charge in [-0.1, -0.05) is 30.3 Å². The average Bonchev–Trinajstić information content (AvgIpc) is 3.06. The van der Waals surface area contributed by atoms with E-state index in [1.54, 1.807) is 50.7 Å². The maximum Gasteiger partial charge on any atom is 0.409 e. The lowest BCUT2D eigenvalue weighted by Crippen LogP contribution is -2.56. The van der Waals surface area contributed by atoms with Gasteiger partial charge in [0.15, 0.2) is 5.82 Å². The number of esters is 1. The minimum absolute atomic E-state index is 0.0309. The van der Waals surface area contributed by atoms with Crippen LogP contribution in [0.15, 0.2) is 36.4 Å². The van der Waals surface area contributed by atoms with E-state index in [1.807, 2.05) is 30.3 Å². The normalized spacial score (nSPS) is 17.6. The molecule has 2 aromatic rings. The SMILES string of the molecule is CCOC(=O)N1CCN(C(=O)C(CCC(=O)OC(C)(C)C)NC(=O)c2cc(N3CCCCC3COC)nc(-c3ccccc3)n2)CC1. The summed E-state index contributed by atoms with van der Waals surface area (Å²) in [6, 6.07) is 10.1. The first-order chi connectivity index (χ1) is 22.5. The Morgan fingerprint density at radius 3 is 2.34 bits per heavy atom. The smallest absolute Gasteiger partial charge is 0.409 e. The summed E-state index contributed by atoms with van der Waals surface area (Å²) in [4.78, 5) is 67.4. The first-order valence-corrected chi connectivity index (χ1v) is 16.4. The standard InChI is InChI=1S/C34H48N6O7/c1-6-46-33(44)39-20-18-38(19-21-39)32(43)26(15-16-29(41)47-34(2,3)4)36-31(42)27-22-28(40-17-11-10-14-25(40)23-45-5)37-30(35-27)24-12-8-7-9-13-24/h7-9,12-13,22,25-26H,6,10-11,14-21,23H2,1-5H3,(H,36,42). The molecule has 1 N–H and O–H groups in total. The minimum Gasteiger partial charge on any atom is -0.460 e.